The maximum atomic E-state index is 2.44. The van der Waals surface area contributed by atoms with E-state index >= 15 is 0 Å². The second kappa shape index (κ2) is 17.9. The molecule has 370 valence electrons. The van der Waals surface area contributed by atoms with Crippen LogP contribution in [-0.4, -0.2) is 0 Å². The Labute approximate surface area is 470 Å². The summed E-state index contributed by atoms with van der Waals surface area (Å²) in [7, 11) is 0. The lowest BCUT2D eigenvalue weighted by molar-refractivity contribution is 1.62. The maximum absolute atomic E-state index is 2.44. The van der Waals surface area contributed by atoms with Crippen LogP contribution >= 0.6 is 22.7 Å². The summed E-state index contributed by atoms with van der Waals surface area (Å²) in [6.07, 6.45) is 0. The number of hydrogen-bond acceptors (Lipinski definition) is 2. The highest BCUT2D eigenvalue weighted by Gasteiger charge is 2.21. The average molecular weight is 1050 g/mol. The molecule has 0 saturated heterocycles. The van der Waals surface area contributed by atoms with Crippen LogP contribution in [0, 0.1) is 0 Å². The van der Waals surface area contributed by atoms with E-state index < -0.39 is 0 Å². The van der Waals surface area contributed by atoms with Gasteiger partial charge >= 0.3 is 0 Å². The van der Waals surface area contributed by atoms with Crippen molar-refractivity contribution in [1.29, 1.82) is 0 Å². The third kappa shape index (κ3) is 6.99. The van der Waals surface area contributed by atoms with Gasteiger partial charge in [0, 0.05) is 45.7 Å². The van der Waals surface area contributed by atoms with Crippen molar-refractivity contribution in [1.82, 2.24) is 0 Å². The minimum Gasteiger partial charge on any atom is -0.135 e. The summed E-state index contributed by atoms with van der Waals surface area (Å²) in [6, 6.07) is 104. The Kier molecular flexibility index (Phi) is 10.2. The molecule has 15 aromatic carbocycles. The van der Waals surface area contributed by atoms with Gasteiger partial charge in [-0.05, 0) is 162 Å². The van der Waals surface area contributed by atoms with E-state index in [0.717, 1.165) is 0 Å². The standard InChI is InChI=1S/C78H46S2/c1-2-16-48(17-3-1)74-59-22-6-12-28-65(59)77(66-29-13-7-23-60(66)74)55-36-38-58-68-40-39-57-56(30-15-31-67(57)78(68)80-72(58)46-55)47-32-34-49(35-33-47)75-61-24-8-10-26-63(61)76(64-27-11-9-25-62(64)75)54-21-14-20-50(42-54)53-37-41-71-69(44-53)70-43-51-18-4-5-19-52(51)45-73(70)79-71/h1-46H. The molecule has 0 nitrogen and oxygen atoms in total. The van der Waals surface area contributed by atoms with Crippen LogP contribution in [0.5, 0.6) is 0 Å². The number of fused-ring (bicyclic) bond motifs is 13. The normalized spacial score (nSPS) is 12.0. The fraction of sp³-hybridized carbons (Fsp3) is 0. The monoisotopic (exact) mass is 1050 g/mol. The molecule has 2 heteroatoms. The van der Waals surface area contributed by atoms with E-state index in [1.807, 2.05) is 22.7 Å². The highest BCUT2D eigenvalue weighted by atomic mass is 32.1. The molecule has 80 heavy (non-hydrogen) atoms. The Balaban J connectivity index is 0.746. The Bertz CT molecular complexity index is 5290. The summed E-state index contributed by atoms with van der Waals surface area (Å²) in [6.45, 7) is 0. The molecule has 0 aliphatic carbocycles. The highest BCUT2D eigenvalue weighted by Crippen LogP contribution is 2.49. The summed E-state index contributed by atoms with van der Waals surface area (Å²) in [5, 5.41) is 20.5. The summed E-state index contributed by atoms with van der Waals surface area (Å²) < 4.78 is 5.29. The van der Waals surface area contributed by atoms with E-state index in [9.17, 15) is 0 Å². The van der Waals surface area contributed by atoms with Gasteiger partial charge in [0.15, 0.2) is 0 Å². The van der Waals surface area contributed by atoms with Crippen LogP contribution in [0.1, 0.15) is 0 Å². The molecule has 17 rings (SSSR count). The van der Waals surface area contributed by atoms with Crippen molar-refractivity contribution in [2.45, 2.75) is 0 Å². The van der Waals surface area contributed by atoms with Gasteiger partial charge in [0.25, 0.3) is 0 Å². The van der Waals surface area contributed by atoms with Crippen molar-refractivity contribution in [2.24, 2.45) is 0 Å². The van der Waals surface area contributed by atoms with E-state index in [4.69, 9.17) is 0 Å². The van der Waals surface area contributed by atoms with Crippen LogP contribution in [0.4, 0.5) is 0 Å². The van der Waals surface area contributed by atoms with Gasteiger partial charge in [-0.1, -0.05) is 243 Å². The second-order valence-electron chi connectivity index (χ2n) is 21.4. The molecule has 2 aromatic heterocycles. The minimum atomic E-state index is 1.21. The third-order valence-corrected chi connectivity index (χ3v) is 19.4. The first-order valence-corrected chi connectivity index (χ1v) is 29.2. The Morgan fingerprint density at radius 1 is 0.175 bits per heavy atom. The smallest absolute Gasteiger partial charge is 0.0434 e. The molecule has 0 unspecified atom stereocenters. The van der Waals surface area contributed by atoms with Crippen LogP contribution in [0.15, 0.2) is 279 Å². The maximum Gasteiger partial charge on any atom is 0.0434 e. The fourth-order valence-electron chi connectivity index (χ4n) is 13.4. The summed E-state index contributed by atoms with van der Waals surface area (Å²) in [4.78, 5) is 0. The summed E-state index contributed by atoms with van der Waals surface area (Å²) in [5.41, 5.74) is 14.9. The van der Waals surface area contributed by atoms with Crippen molar-refractivity contribution in [3.05, 3.63) is 279 Å². The first-order valence-electron chi connectivity index (χ1n) is 27.5. The molecule has 0 bridgehead atoms. The lowest BCUT2D eigenvalue weighted by atomic mass is 9.85. The topological polar surface area (TPSA) is 0 Å². The number of rotatable bonds is 6. The molecule has 0 aliphatic heterocycles. The zero-order valence-electron chi connectivity index (χ0n) is 43.4. The highest BCUT2D eigenvalue weighted by molar-refractivity contribution is 7.27. The Morgan fingerprint density at radius 3 is 1.21 bits per heavy atom. The zero-order chi connectivity index (χ0) is 52.4. The molecule has 0 N–H and O–H groups in total. The van der Waals surface area contributed by atoms with Crippen LogP contribution in [-0.2, 0) is 0 Å². The molecule has 0 saturated carbocycles. The lowest BCUT2D eigenvalue weighted by Crippen LogP contribution is -1.91. The second-order valence-corrected chi connectivity index (χ2v) is 23.5. The van der Waals surface area contributed by atoms with E-state index in [1.54, 1.807) is 0 Å². The minimum absolute atomic E-state index is 1.21. The molecule has 0 atom stereocenters. The molecule has 2 heterocycles. The molecule has 0 radical (unpaired) electrons. The third-order valence-electron chi connectivity index (χ3n) is 17.0. The zero-order valence-corrected chi connectivity index (χ0v) is 45.0. The molecule has 17 aromatic rings. The summed E-state index contributed by atoms with van der Waals surface area (Å²) >= 11 is 3.80. The number of benzene rings is 15. The SMILES string of the molecule is c1ccc(-c2c3ccccc3c(-c3ccc4c(c3)sc3c5cccc(-c6ccc(-c7c8ccccc8c(-c8cccc(-c9ccc%10sc%11cc%12ccccc%12cc%11c%10c9)c8)c8ccccc78)cc6)c5ccc43)c3ccccc23)cc1. The average Bonchev–Trinajstić information content (AvgIpc) is 4.17. The van der Waals surface area contributed by atoms with Crippen molar-refractivity contribution >= 4 is 128 Å². The van der Waals surface area contributed by atoms with Crippen LogP contribution < -0.4 is 0 Å². The van der Waals surface area contributed by atoms with Crippen molar-refractivity contribution < 1.29 is 0 Å². The van der Waals surface area contributed by atoms with E-state index in [1.165, 1.54) is 172 Å². The van der Waals surface area contributed by atoms with Crippen molar-refractivity contribution in [3.8, 4) is 66.8 Å². The molecular weight excluding hydrogens is 1000 g/mol. The summed E-state index contributed by atoms with van der Waals surface area (Å²) in [5.74, 6) is 0. The van der Waals surface area contributed by atoms with Gasteiger partial charge in [-0.3, -0.25) is 0 Å². The van der Waals surface area contributed by atoms with Gasteiger partial charge in [0.05, 0.1) is 0 Å². The number of thiophene rings is 2. The predicted octanol–water partition coefficient (Wildman–Crippen LogP) is 23.3. The first-order chi connectivity index (χ1) is 39.7. The molecular formula is C78H46S2. The number of hydrogen-bond donors (Lipinski definition) is 0. The molecule has 0 aliphatic rings. The largest absolute Gasteiger partial charge is 0.135 e. The van der Waals surface area contributed by atoms with Gasteiger partial charge in [-0.25, -0.2) is 0 Å². The lowest BCUT2D eigenvalue weighted by Gasteiger charge is -2.18. The first kappa shape index (κ1) is 45.3. The van der Waals surface area contributed by atoms with Gasteiger partial charge in [0.1, 0.15) is 0 Å². The van der Waals surface area contributed by atoms with E-state index in [0.29, 0.717) is 0 Å². The fourth-order valence-corrected chi connectivity index (χ4v) is 15.8. The predicted molar refractivity (Wildman–Crippen MR) is 350 cm³/mol. The van der Waals surface area contributed by atoms with Gasteiger partial charge < -0.3 is 0 Å². The Morgan fingerprint density at radius 2 is 0.575 bits per heavy atom. The van der Waals surface area contributed by atoms with Crippen LogP contribution in [0.2, 0.25) is 0 Å². The van der Waals surface area contributed by atoms with E-state index in [2.05, 4.69) is 279 Å². The van der Waals surface area contributed by atoms with Gasteiger partial charge in [0.2, 0.25) is 0 Å². The van der Waals surface area contributed by atoms with Crippen molar-refractivity contribution in [2.75, 3.05) is 0 Å². The van der Waals surface area contributed by atoms with Gasteiger partial charge in [-0.15, -0.1) is 22.7 Å². The quantitative estimate of drug-likeness (QED) is 0.146. The van der Waals surface area contributed by atoms with Crippen molar-refractivity contribution in [3.63, 3.8) is 0 Å². The van der Waals surface area contributed by atoms with Gasteiger partial charge in [-0.2, -0.15) is 0 Å². The van der Waals surface area contributed by atoms with Crippen LogP contribution in [0.3, 0.4) is 0 Å². The van der Waals surface area contributed by atoms with E-state index in [-0.39, 0.29) is 0 Å². The molecule has 0 amide bonds. The Hall–Kier alpha value is -9.70. The molecule has 0 fully saturated rings. The molecule has 0 spiro atoms. The van der Waals surface area contributed by atoms with Crippen LogP contribution in [0.25, 0.3) is 172 Å².